The Morgan fingerprint density at radius 3 is 2.59 bits per heavy atom. The number of amides is 3. The summed E-state index contributed by atoms with van der Waals surface area (Å²) >= 11 is 0. The highest BCUT2D eigenvalue weighted by Gasteiger charge is 2.57. The molecular weight excluding hydrogens is 422 g/mol. The molecule has 172 valence electrons. The van der Waals surface area contributed by atoms with Gasteiger partial charge < -0.3 is 10.0 Å². The average Bonchev–Trinajstić information content (AvgIpc) is 3.08. The molecule has 1 unspecified atom stereocenters. The Hall–Kier alpha value is -2.68. The van der Waals surface area contributed by atoms with Crippen molar-refractivity contribution in [3.05, 3.63) is 34.9 Å². The monoisotopic (exact) mass is 448 g/mol. The van der Waals surface area contributed by atoms with Gasteiger partial charge in [0.25, 0.3) is 5.91 Å². The maximum Gasteiger partial charge on any atom is 0.333 e. The number of rotatable bonds is 6. The molecule has 3 amide bonds. The molecule has 0 spiro atoms. The Kier molecular flexibility index (Phi) is 5.87. The third-order valence-corrected chi connectivity index (χ3v) is 6.84. The Balaban J connectivity index is 1.42. The molecule has 1 aromatic rings. The molecule has 7 nitrogen and oxygen atoms in total. The lowest BCUT2D eigenvalue weighted by Gasteiger charge is -2.37. The van der Waals surface area contributed by atoms with Crippen molar-refractivity contribution in [3.63, 3.8) is 0 Å². The summed E-state index contributed by atoms with van der Waals surface area (Å²) in [5.41, 5.74) is -0.565. The fourth-order valence-corrected chi connectivity index (χ4v) is 4.91. The number of alkyl halides is 2. The molecule has 1 atom stereocenters. The second-order valence-electron chi connectivity index (χ2n) is 8.98. The molecule has 32 heavy (non-hydrogen) atoms. The molecule has 2 heterocycles. The number of ketones is 1. The molecule has 0 bridgehead atoms. The van der Waals surface area contributed by atoms with E-state index in [1.807, 2.05) is 0 Å². The van der Waals surface area contributed by atoms with E-state index in [9.17, 15) is 33.1 Å². The normalized spacial score (nSPS) is 23.2. The minimum absolute atomic E-state index is 0.0599. The minimum Gasteiger partial charge on any atom is -0.383 e. The largest absolute Gasteiger partial charge is 0.383 e. The topological polar surface area (TPSA) is 104 Å². The number of nitrogens with zero attached hydrogens (tertiary/aromatic N) is 1. The van der Waals surface area contributed by atoms with E-state index in [0.29, 0.717) is 29.5 Å². The average molecular weight is 448 g/mol. The van der Waals surface area contributed by atoms with Crippen LogP contribution in [0.3, 0.4) is 0 Å². The summed E-state index contributed by atoms with van der Waals surface area (Å²) in [4.78, 5) is 49.9. The van der Waals surface area contributed by atoms with Crippen LogP contribution >= 0.6 is 0 Å². The quantitative estimate of drug-likeness (QED) is 0.650. The number of carbonyl (C=O) groups excluding carboxylic acids is 4. The van der Waals surface area contributed by atoms with Crippen LogP contribution < -0.4 is 5.32 Å². The molecule has 2 aliphatic heterocycles. The number of nitrogens with one attached hydrogen (secondary N) is 1. The summed E-state index contributed by atoms with van der Waals surface area (Å²) < 4.78 is 29.3. The molecule has 0 radical (unpaired) electrons. The van der Waals surface area contributed by atoms with Crippen LogP contribution in [0.5, 0.6) is 0 Å². The molecule has 2 fully saturated rings. The molecule has 1 aliphatic carbocycles. The zero-order chi connectivity index (χ0) is 23.1. The molecule has 0 aromatic heterocycles. The predicted molar refractivity (Wildman–Crippen MR) is 109 cm³/mol. The van der Waals surface area contributed by atoms with E-state index >= 15 is 0 Å². The fraction of sp³-hybridized carbons (Fsp3) is 0.565. The van der Waals surface area contributed by atoms with Crippen molar-refractivity contribution >= 4 is 23.5 Å². The lowest BCUT2D eigenvalue weighted by molar-refractivity contribution is -0.199. The number of Topliss-reactive ketones (excluding diaryl/α,β-unsaturated/α-hetero) is 1. The fourth-order valence-electron chi connectivity index (χ4n) is 4.91. The van der Waals surface area contributed by atoms with Crippen LogP contribution in [0, 0.1) is 0 Å². The summed E-state index contributed by atoms with van der Waals surface area (Å²) in [7, 11) is 0. The van der Waals surface area contributed by atoms with Gasteiger partial charge in [0.05, 0.1) is 0 Å². The van der Waals surface area contributed by atoms with Crippen molar-refractivity contribution in [1.82, 2.24) is 10.2 Å². The van der Waals surface area contributed by atoms with Gasteiger partial charge in [-0.15, -0.1) is 0 Å². The van der Waals surface area contributed by atoms with Gasteiger partial charge in [0, 0.05) is 24.9 Å². The number of halogens is 2. The lowest BCUT2D eigenvalue weighted by Crippen LogP contribution is -2.54. The minimum atomic E-state index is -3.79. The van der Waals surface area contributed by atoms with Crippen LogP contribution in [-0.2, 0) is 27.3 Å². The Bertz CT molecular complexity index is 971. The summed E-state index contributed by atoms with van der Waals surface area (Å²) in [5, 5.41) is 12.6. The van der Waals surface area contributed by atoms with E-state index in [2.05, 4.69) is 5.32 Å². The highest BCUT2D eigenvalue weighted by Crippen LogP contribution is 2.41. The Morgan fingerprint density at radius 1 is 1.19 bits per heavy atom. The van der Waals surface area contributed by atoms with Crippen LogP contribution in [0.25, 0.3) is 0 Å². The van der Waals surface area contributed by atoms with Crippen molar-refractivity contribution in [1.29, 1.82) is 0 Å². The van der Waals surface area contributed by atoms with Crippen LogP contribution in [0.1, 0.15) is 72.9 Å². The number of aliphatic hydroxyl groups is 1. The van der Waals surface area contributed by atoms with Gasteiger partial charge in [0.15, 0.2) is 0 Å². The second kappa shape index (κ2) is 8.35. The van der Waals surface area contributed by atoms with Gasteiger partial charge in [-0.3, -0.25) is 24.5 Å². The number of carbonyl (C=O) groups is 4. The van der Waals surface area contributed by atoms with Crippen LogP contribution in [0.2, 0.25) is 0 Å². The number of benzene rings is 1. The number of hydrogen-bond acceptors (Lipinski definition) is 5. The van der Waals surface area contributed by atoms with Gasteiger partial charge in [0.1, 0.15) is 11.6 Å². The van der Waals surface area contributed by atoms with Crippen molar-refractivity contribution in [3.8, 4) is 0 Å². The third kappa shape index (κ3) is 3.94. The number of piperidine rings is 1. The van der Waals surface area contributed by atoms with Crippen molar-refractivity contribution in [2.45, 2.75) is 81.9 Å². The van der Waals surface area contributed by atoms with Crippen LogP contribution in [-0.4, -0.2) is 51.1 Å². The molecule has 1 aromatic carbocycles. The molecular formula is C23H26F2N2O5. The molecule has 1 saturated heterocycles. The maximum atomic E-state index is 14.7. The number of imide groups is 1. The summed E-state index contributed by atoms with van der Waals surface area (Å²) in [6.45, 7) is 0.179. The van der Waals surface area contributed by atoms with Crippen molar-refractivity contribution < 1.29 is 33.1 Å². The highest BCUT2D eigenvalue weighted by molar-refractivity contribution is 6.05. The SMILES string of the molecule is O=C1CCC(N2Cc3cc(CCC(=O)C(F)(F)C4(O)CCCCC4)ccc3C2=O)C(=O)N1. The van der Waals surface area contributed by atoms with Crippen LogP contribution in [0.4, 0.5) is 8.78 Å². The maximum absolute atomic E-state index is 14.7. The standard InChI is InChI=1S/C23H26F2N2O5/c24-23(25,22(32)10-2-1-3-11-22)18(28)8-5-14-4-6-16-15(12-14)13-27(21(16)31)17-7-9-19(29)26-20(17)30/h4,6,12,17,32H,1-3,5,7-11,13H2,(H,26,29,30). The number of aryl methyl sites for hydroxylation is 1. The smallest absolute Gasteiger partial charge is 0.333 e. The van der Waals surface area contributed by atoms with Gasteiger partial charge in [-0.2, -0.15) is 8.78 Å². The van der Waals surface area contributed by atoms with Crippen LogP contribution in [0.15, 0.2) is 18.2 Å². The van der Waals surface area contributed by atoms with Gasteiger partial charge in [-0.05, 0) is 42.9 Å². The first-order chi connectivity index (χ1) is 15.1. The zero-order valence-electron chi connectivity index (χ0n) is 17.7. The lowest BCUT2D eigenvalue weighted by atomic mass is 9.78. The first kappa shape index (κ1) is 22.5. The second-order valence-corrected chi connectivity index (χ2v) is 8.98. The molecule has 4 rings (SSSR count). The first-order valence-electron chi connectivity index (χ1n) is 11.0. The zero-order valence-corrected chi connectivity index (χ0v) is 17.7. The van der Waals surface area contributed by atoms with E-state index < -0.39 is 35.7 Å². The number of fused-ring (bicyclic) bond motifs is 1. The van der Waals surface area contributed by atoms with Gasteiger partial charge in [-0.25, -0.2) is 0 Å². The van der Waals surface area contributed by atoms with Crippen molar-refractivity contribution in [2.75, 3.05) is 0 Å². The predicted octanol–water partition coefficient (Wildman–Crippen LogP) is 2.28. The van der Waals surface area contributed by atoms with E-state index in [-0.39, 0.29) is 50.5 Å². The Morgan fingerprint density at radius 2 is 1.91 bits per heavy atom. The van der Waals surface area contributed by atoms with E-state index in [1.165, 1.54) is 4.90 Å². The van der Waals surface area contributed by atoms with E-state index in [1.54, 1.807) is 18.2 Å². The summed E-state index contributed by atoms with van der Waals surface area (Å²) in [5.74, 6) is -6.25. The third-order valence-electron chi connectivity index (χ3n) is 6.84. The van der Waals surface area contributed by atoms with E-state index in [4.69, 9.17) is 0 Å². The van der Waals surface area contributed by atoms with Gasteiger partial charge in [-0.1, -0.05) is 31.4 Å². The van der Waals surface area contributed by atoms with Gasteiger partial charge >= 0.3 is 5.92 Å². The molecule has 3 aliphatic rings. The Labute approximate surface area is 184 Å². The van der Waals surface area contributed by atoms with Crippen molar-refractivity contribution in [2.24, 2.45) is 0 Å². The summed E-state index contributed by atoms with van der Waals surface area (Å²) in [6.07, 6.45) is 1.61. The molecule has 1 saturated carbocycles. The van der Waals surface area contributed by atoms with Gasteiger partial charge in [0.2, 0.25) is 17.6 Å². The molecule has 2 N–H and O–H groups in total. The molecule has 9 heteroatoms. The first-order valence-corrected chi connectivity index (χ1v) is 11.0. The summed E-state index contributed by atoms with van der Waals surface area (Å²) in [6, 6.07) is 4.16. The number of hydrogen-bond donors (Lipinski definition) is 2. The van der Waals surface area contributed by atoms with E-state index in [0.717, 1.165) is 6.42 Å². The highest BCUT2D eigenvalue weighted by atomic mass is 19.3.